The smallest absolute Gasteiger partial charge is 0.417 e. The average molecular weight is 337 g/mol. The maximum Gasteiger partial charge on any atom is 0.417 e. The molecule has 1 aliphatic heterocycles. The lowest BCUT2D eigenvalue weighted by atomic mass is 9.95. The molecule has 0 spiro atoms. The average Bonchev–Trinajstić information content (AvgIpc) is 2.53. The second kappa shape index (κ2) is 6.07. The minimum absolute atomic E-state index is 0.0642. The van der Waals surface area contributed by atoms with E-state index < -0.39 is 23.9 Å². The van der Waals surface area contributed by atoms with Crippen LogP contribution in [0.2, 0.25) is 0 Å². The van der Waals surface area contributed by atoms with Gasteiger partial charge in [-0.1, -0.05) is 30.3 Å². The molecule has 2 N–H and O–H groups in total. The molecule has 2 aromatic carbocycles. The molecule has 1 amide bonds. The van der Waals surface area contributed by atoms with E-state index >= 15 is 0 Å². The van der Waals surface area contributed by atoms with Gasteiger partial charge in [-0.15, -0.1) is 0 Å². The summed E-state index contributed by atoms with van der Waals surface area (Å²) in [7, 11) is 0. The maximum absolute atomic E-state index is 13.2. The Bertz CT molecular complexity index is 774. The Balaban J connectivity index is 2.03. The van der Waals surface area contributed by atoms with Crippen LogP contribution in [0.5, 0.6) is 5.75 Å². The van der Waals surface area contributed by atoms with Gasteiger partial charge >= 0.3 is 12.3 Å². The number of carbonyl (C=O) groups excluding carboxylic acids is 1. The zero-order chi connectivity index (χ0) is 17.3. The van der Waals surface area contributed by atoms with Crippen LogP contribution in [0.1, 0.15) is 23.7 Å². The van der Waals surface area contributed by atoms with Gasteiger partial charge in [0.15, 0.2) is 0 Å². The molecule has 2 aromatic rings. The highest BCUT2D eigenvalue weighted by molar-refractivity contribution is 5.71. The van der Waals surface area contributed by atoms with E-state index in [1.807, 2.05) is 0 Å². The number of benzene rings is 2. The molecule has 7 heteroatoms. The number of amides is 1. The Morgan fingerprint density at radius 3 is 2.67 bits per heavy atom. The summed E-state index contributed by atoms with van der Waals surface area (Å²) in [6.07, 6.45) is -5.48. The molecule has 0 bridgehead atoms. The number of alkyl halides is 3. The SMILES string of the molecule is NC(=O)OC1CCOc2cc(-c3ccccc3C(F)(F)F)ccc21. The van der Waals surface area contributed by atoms with Crippen molar-refractivity contribution in [1.82, 2.24) is 0 Å². The number of halogens is 3. The molecule has 3 rings (SSSR count). The molecule has 1 unspecified atom stereocenters. The van der Waals surface area contributed by atoms with E-state index in [0.717, 1.165) is 6.07 Å². The molecule has 1 heterocycles. The highest BCUT2D eigenvalue weighted by atomic mass is 19.4. The number of fused-ring (bicyclic) bond motifs is 1. The van der Waals surface area contributed by atoms with Crippen LogP contribution in [-0.2, 0) is 10.9 Å². The van der Waals surface area contributed by atoms with Gasteiger partial charge in [-0.25, -0.2) is 4.79 Å². The zero-order valence-corrected chi connectivity index (χ0v) is 12.5. The molecule has 1 aliphatic rings. The molecule has 0 aromatic heterocycles. The summed E-state index contributed by atoms with van der Waals surface area (Å²) in [6.45, 7) is 0.287. The monoisotopic (exact) mass is 337 g/mol. The van der Waals surface area contributed by atoms with Crippen molar-refractivity contribution in [3.8, 4) is 16.9 Å². The lowest BCUT2D eigenvalue weighted by Crippen LogP contribution is -2.22. The van der Waals surface area contributed by atoms with Crippen LogP contribution in [0, 0.1) is 0 Å². The van der Waals surface area contributed by atoms with Crippen LogP contribution in [0.15, 0.2) is 42.5 Å². The van der Waals surface area contributed by atoms with Crippen LogP contribution >= 0.6 is 0 Å². The Morgan fingerprint density at radius 1 is 1.21 bits per heavy atom. The van der Waals surface area contributed by atoms with Crippen LogP contribution in [0.25, 0.3) is 11.1 Å². The molecular formula is C17H14F3NO3. The Labute approximate surface area is 136 Å². The maximum atomic E-state index is 13.2. The van der Waals surface area contributed by atoms with Gasteiger partial charge in [0, 0.05) is 12.0 Å². The molecule has 0 radical (unpaired) electrons. The minimum Gasteiger partial charge on any atom is -0.493 e. The first-order chi connectivity index (χ1) is 11.4. The lowest BCUT2D eigenvalue weighted by Gasteiger charge is -2.26. The van der Waals surface area contributed by atoms with Crippen molar-refractivity contribution in [1.29, 1.82) is 0 Å². The Morgan fingerprint density at radius 2 is 1.96 bits per heavy atom. The third-order valence-corrected chi connectivity index (χ3v) is 3.80. The summed E-state index contributed by atoms with van der Waals surface area (Å²) in [5, 5.41) is 0. The Kier molecular flexibility index (Phi) is 4.09. The quantitative estimate of drug-likeness (QED) is 0.889. The summed E-state index contributed by atoms with van der Waals surface area (Å²) in [6, 6.07) is 10.0. The van der Waals surface area contributed by atoms with E-state index in [1.54, 1.807) is 18.2 Å². The topological polar surface area (TPSA) is 61.6 Å². The molecule has 0 saturated carbocycles. The van der Waals surface area contributed by atoms with Crippen LogP contribution in [-0.4, -0.2) is 12.7 Å². The fourth-order valence-electron chi connectivity index (χ4n) is 2.77. The van der Waals surface area contributed by atoms with E-state index in [1.165, 1.54) is 18.2 Å². The first kappa shape index (κ1) is 16.2. The molecule has 0 aliphatic carbocycles. The normalized spacial score (nSPS) is 16.9. The van der Waals surface area contributed by atoms with Crippen molar-refractivity contribution in [2.45, 2.75) is 18.7 Å². The molecule has 1 atom stereocenters. The number of carbonyl (C=O) groups is 1. The predicted molar refractivity (Wildman–Crippen MR) is 80.4 cm³/mol. The summed E-state index contributed by atoms with van der Waals surface area (Å²) < 4.78 is 50.1. The second-order valence-electron chi connectivity index (χ2n) is 5.36. The first-order valence-corrected chi connectivity index (χ1v) is 7.25. The van der Waals surface area contributed by atoms with Crippen LogP contribution < -0.4 is 10.5 Å². The van der Waals surface area contributed by atoms with Gasteiger partial charge in [0.25, 0.3) is 0 Å². The van der Waals surface area contributed by atoms with Crippen LogP contribution in [0.3, 0.4) is 0 Å². The predicted octanol–water partition coefficient (Wildman–Crippen LogP) is 4.29. The van der Waals surface area contributed by atoms with Gasteiger partial charge in [0.05, 0.1) is 12.2 Å². The van der Waals surface area contributed by atoms with Gasteiger partial charge < -0.3 is 15.2 Å². The minimum atomic E-state index is -4.45. The number of hydrogen-bond donors (Lipinski definition) is 1. The van der Waals surface area contributed by atoms with Crippen molar-refractivity contribution < 1.29 is 27.4 Å². The van der Waals surface area contributed by atoms with Crippen molar-refractivity contribution in [3.63, 3.8) is 0 Å². The summed E-state index contributed by atoms with van der Waals surface area (Å²) in [5.41, 5.74) is 5.36. The lowest BCUT2D eigenvalue weighted by molar-refractivity contribution is -0.137. The largest absolute Gasteiger partial charge is 0.493 e. The Hall–Kier alpha value is -2.70. The summed E-state index contributed by atoms with van der Waals surface area (Å²) in [4.78, 5) is 11.0. The molecular weight excluding hydrogens is 323 g/mol. The molecule has 126 valence electrons. The van der Waals surface area contributed by atoms with Gasteiger partial charge in [0.1, 0.15) is 11.9 Å². The van der Waals surface area contributed by atoms with Gasteiger partial charge in [-0.3, -0.25) is 0 Å². The molecule has 24 heavy (non-hydrogen) atoms. The molecule has 0 fully saturated rings. The third kappa shape index (κ3) is 3.15. The summed E-state index contributed by atoms with van der Waals surface area (Å²) in [5.74, 6) is 0.391. The van der Waals surface area contributed by atoms with Crippen molar-refractivity contribution in [2.75, 3.05) is 6.61 Å². The first-order valence-electron chi connectivity index (χ1n) is 7.25. The van der Waals surface area contributed by atoms with Gasteiger partial charge in [-0.05, 0) is 23.3 Å². The van der Waals surface area contributed by atoms with Crippen LogP contribution in [0.4, 0.5) is 18.0 Å². The zero-order valence-electron chi connectivity index (χ0n) is 12.5. The molecule has 4 nitrogen and oxygen atoms in total. The number of rotatable bonds is 2. The van der Waals surface area contributed by atoms with Crippen molar-refractivity contribution >= 4 is 6.09 Å². The number of hydrogen-bond acceptors (Lipinski definition) is 3. The molecule has 0 saturated heterocycles. The summed E-state index contributed by atoms with van der Waals surface area (Å²) >= 11 is 0. The number of nitrogens with two attached hydrogens (primary N) is 1. The van der Waals surface area contributed by atoms with E-state index in [2.05, 4.69) is 0 Å². The third-order valence-electron chi connectivity index (χ3n) is 3.80. The van der Waals surface area contributed by atoms with Crippen molar-refractivity contribution in [2.24, 2.45) is 5.73 Å². The van der Waals surface area contributed by atoms with E-state index in [4.69, 9.17) is 15.2 Å². The van der Waals surface area contributed by atoms with E-state index in [9.17, 15) is 18.0 Å². The van der Waals surface area contributed by atoms with E-state index in [-0.39, 0.29) is 12.2 Å². The van der Waals surface area contributed by atoms with Crippen molar-refractivity contribution in [3.05, 3.63) is 53.6 Å². The van der Waals surface area contributed by atoms with Gasteiger partial charge in [0.2, 0.25) is 0 Å². The fraction of sp³-hybridized carbons (Fsp3) is 0.235. The highest BCUT2D eigenvalue weighted by Crippen LogP contribution is 2.41. The van der Waals surface area contributed by atoms with Gasteiger partial charge in [-0.2, -0.15) is 13.2 Å². The fourth-order valence-corrected chi connectivity index (χ4v) is 2.77. The standard InChI is InChI=1S/C17H14F3NO3/c18-17(19,20)13-4-2-1-3-11(13)10-5-6-12-14(24-16(21)22)7-8-23-15(12)9-10/h1-6,9,14H,7-8H2,(H2,21,22). The number of primary amides is 1. The number of ether oxygens (including phenoxy) is 2. The highest BCUT2D eigenvalue weighted by Gasteiger charge is 2.33. The second-order valence-corrected chi connectivity index (χ2v) is 5.36. The van der Waals surface area contributed by atoms with E-state index in [0.29, 0.717) is 23.3 Å².